The summed E-state index contributed by atoms with van der Waals surface area (Å²) in [6.07, 6.45) is 4.86. The largest absolute Gasteiger partial charge is 0.337 e. The van der Waals surface area contributed by atoms with Crippen LogP contribution in [0.25, 0.3) is 0 Å². The molecule has 0 aliphatic carbocycles. The molecule has 1 fully saturated rings. The highest BCUT2D eigenvalue weighted by molar-refractivity contribution is 5.73. The van der Waals surface area contributed by atoms with Crippen molar-refractivity contribution in [2.75, 3.05) is 19.6 Å². The van der Waals surface area contributed by atoms with E-state index in [-0.39, 0.29) is 11.4 Å². The Labute approximate surface area is 127 Å². The summed E-state index contributed by atoms with van der Waals surface area (Å²) < 4.78 is 0. The maximum atomic E-state index is 12.1. The first-order chi connectivity index (χ1) is 10.1. The Morgan fingerprint density at radius 1 is 1.24 bits per heavy atom. The van der Waals surface area contributed by atoms with Crippen molar-refractivity contribution >= 4 is 5.91 Å². The summed E-state index contributed by atoms with van der Waals surface area (Å²) in [4.78, 5) is 16.8. The van der Waals surface area contributed by atoms with E-state index in [9.17, 15) is 4.79 Å². The number of hydrogen-bond acceptors (Lipinski definition) is 2. The van der Waals surface area contributed by atoms with E-state index in [0.717, 1.165) is 26.1 Å². The third-order valence-corrected chi connectivity index (χ3v) is 5.30. The van der Waals surface area contributed by atoms with Crippen molar-refractivity contribution in [3.8, 4) is 0 Å². The Kier molecular flexibility index (Phi) is 4.03. The van der Waals surface area contributed by atoms with Gasteiger partial charge >= 0.3 is 0 Å². The van der Waals surface area contributed by atoms with Gasteiger partial charge in [0.25, 0.3) is 0 Å². The van der Waals surface area contributed by atoms with Crippen molar-refractivity contribution in [1.82, 2.24) is 9.80 Å². The molecule has 3 heteroatoms. The molecule has 2 aliphatic rings. The maximum absolute atomic E-state index is 12.1. The van der Waals surface area contributed by atoms with Crippen molar-refractivity contribution in [1.29, 1.82) is 0 Å². The van der Waals surface area contributed by atoms with E-state index >= 15 is 0 Å². The third kappa shape index (κ3) is 2.71. The number of nitrogens with zero attached hydrogens (tertiary/aromatic N) is 2. The van der Waals surface area contributed by atoms with Crippen LogP contribution in [0.5, 0.6) is 0 Å². The molecule has 21 heavy (non-hydrogen) atoms. The highest BCUT2D eigenvalue weighted by Gasteiger charge is 2.42. The lowest BCUT2D eigenvalue weighted by Gasteiger charge is -2.48. The maximum Gasteiger partial charge on any atom is 0.219 e. The second-order valence-electron chi connectivity index (χ2n) is 6.58. The van der Waals surface area contributed by atoms with Gasteiger partial charge in [-0.25, -0.2) is 0 Å². The van der Waals surface area contributed by atoms with Gasteiger partial charge < -0.3 is 4.90 Å². The van der Waals surface area contributed by atoms with Crippen LogP contribution in [0, 0.1) is 0 Å². The molecule has 0 N–H and O–H groups in total. The number of benzene rings is 1. The minimum absolute atomic E-state index is 0.144. The summed E-state index contributed by atoms with van der Waals surface area (Å²) >= 11 is 0. The molecule has 1 atom stereocenters. The third-order valence-electron chi connectivity index (χ3n) is 5.30. The average molecular weight is 286 g/mol. The highest BCUT2D eigenvalue weighted by atomic mass is 16.2. The van der Waals surface area contributed by atoms with Gasteiger partial charge in [0, 0.05) is 25.6 Å². The monoisotopic (exact) mass is 286 g/mol. The molecule has 0 aromatic heterocycles. The van der Waals surface area contributed by atoms with Gasteiger partial charge in [0.15, 0.2) is 0 Å². The smallest absolute Gasteiger partial charge is 0.219 e. The zero-order valence-electron chi connectivity index (χ0n) is 13.3. The first kappa shape index (κ1) is 14.6. The number of likely N-dealkylation sites (tertiary alicyclic amines) is 1. The number of amides is 1. The van der Waals surface area contributed by atoms with Crippen LogP contribution in [0.4, 0.5) is 0 Å². The van der Waals surface area contributed by atoms with E-state index in [1.54, 1.807) is 6.92 Å². The van der Waals surface area contributed by atoms with Gasteiger partial charge in [0.2, 0.25) is 5.91 Å². The first-order valence-electron chi connectivity index (χ1n) is 8.22. The topological polar surface area (TPSA) is 23.6 Å². The second-order valence-corrected chi connectivity index (χ2v) is 6.58. The van der Waals surface area contributed by atoms with Crippen LogP contribution in [0.3, 0.4) is 0 Å². The predicted octanol–water partition coefficient (Wildman–Crippen LogP) is 2.84. The number of likely N-dealkylation sites (N-methyl/N-ethyl adjacent to an activating group) is 1. The lowest BCUT2D eigenvalue weighted by atomic mass is 9.81. The molecule has 3 nitrogen and oxygen atoms in total. The molecule has 0 saturated carbocycles. The minimum Gasteiger partial charge on any atom is -0.337 e. The Balaban J connectivity index is 2.02. The quantitative estimate of drug-likeness (QED) is 0.792. The van der Waals surface area contributed by atoms with Crippen molar-refractivity contribution in [2.24, 2.45) is 0 Å². The van der Waals surface area contributed by atoms with E-state index in [0.29, 0.717) is 0 Å². The van der Waals surface area contributed by atoms with Gasteiger partial charge in [-0.3, -0.25) is 9.69 Å². The molecule has 1 aromatic rings. The van der Waals surface area contributed by atoms with Crippen LogP contribution in [0.15, 0.2) is 24.3 Å². The van der Waals surface area contributed by atoms with Crippen molar-refractivity contribution in [2.45, 2.75) is 51.6 Å². The van der Waals surface area contributed by atoms with Crippen LogP contribution in [-0.4, -0.2) is 40.9 Å². The van der Waals surface area contributed by atoms with Crippen LogP contribution in [-0.2, 0) is 17.8 Å². The van der Waals surface area contributed by atoms with Crippen molar-refractivity contribution in [3.05, 3.63) is 35.4 Å². The van der Waals surface area contributed by atoms with E-state index in [1.807, 2.05) is 0 Å². The summed E-state index contributed by atoms with van der Waals surface area (Å²) in [6, 6.07) is 8.66. The summed E-state index contributed by atoms with van der Waals surface area (Å²) in [5, 5.41) is 0. The molecular weight excluding hydrogens is 260 g/mol. The molecule has 1 unspecified atom stereocenters. The molecule has 3 rings (SSSR count). The number of rotatable bonds is 1. The molecule has 0 bridgehead atoms. The summed E-state index contributed by atoms with van der Waals surface area (Å²) in [5.41, 5.74) is 2.90. The number of piperidine rings is 1. The summed E-state index contributed by atoms with van der Waals surface area (Å²) in [6.45, 7) is 7.86. The average Bonchev–Trinajstić information content (AvgIpc) is 2.64. The van der Waals surface area contributed by atoms with Gasteiger partial charge in [0.05, 0.1) is 0 Å². The Hall–Kier alpha value is -1.35. The fraction of sp³-hybridized carbons (Fsp3) is 0.611. The molecule has 114 valence electrons. The van der Waals surface area contributed by atoms with E-state index in [1.165, 1.54) is 36.9 Å². The van der Waals surface area contributed by atoms with Crippen LogP contribution < -0.4 is 0 Å². The zero-order valence-corrected chi connectivity index (χ0v) is 13.3. The summed E-state index contributed by atoms with van der Waals surface area (Å²) in [7, 11) is 0. The SMILES string of the molecule is CCN1CCCCC12Cc1ccccc1CN(C(C)=O)C2. The van der Waals surface area contributed by atoms with Crippen molar-refractivity contribution in [3.63, 3.8) is 0 Å². The highest BCUT2D eigenvalue weighted by Crippen LogP contribution is 2.36. The number of hydrogen-bond donors (Lipinski definition) is 0. The molecular formula is C18H26N2O. The molecule has 1 saturated heterocycles. The number of carbonyl (C=O) groups is 1. The first-order valence-corrected chi connectivity index (χ1v) is 8.22. The lowest BCUT2D eigenvalue weighted by molar-refractivity contribution is -0.132. The zero-order chi connectivity index (χ0) is 14.9. The van der Waals surface area contributed by atoms with Gasteiger partial charge in [0.1, 0.15) is 0 Å². The van der Waals surface area contributed by atoms with E-state index in [4.69, 9.17) is 0 Å². The molecule has 2 aliphatic heterocycles. The number of fused-ring (bicyclic) bond motifs is 1. The van der Waals surface area contributed by atoms with Gasteiger partial charge in [-0.1, -0.05) is 37.6 Å². The van der Waals surface area contributed by atoms with Crippen LogP contribution >= 0.6 is 0 Å². The van der Waals surface area contributed by atoms with Crippen LogP contribution in [0.1, 0.15) is 44.2 Å². The van der Waals surface area contributed by atoms with Gasteiger partial charge in [-0.2, -0.15) is 0 Å². The Morgan fingerprint density at radius 3 is 2.71 bits per heavy atom. The fourth-order valence-electron chi connectivity index (χ4n) is 4.16. The lowest BCUT2D eigenvalue weighted by Crippen LogP contribution is -2.58. The molecule has 1 amide bonds. The molecule has 1 aromatic carbocycles. The van der Waals surface area contributed by atoms with Gasteiger partial charge in [-0.05, 0) is 43.5 Å². The van der Waals surface area contributed by atoms with Crippen LogP contribution in [0.2, 0.25) is 0 Å². The second kappa shape index (κ2) is 5.80. The molecule has 0 radical (unpaired) electrons. The fourth-order valence-corrected chi connectivity index (χ4v) is 4.16. The van der Waals surface area contributed by atoms with E-state index < -0.39 is 0 Å². The predicted molar refractivity (Wildman–Crippen MR) is 85.1 cm³/mol. The van der Waals surface area contributed by atoms with Gasteiger partial charge in [-0.15, -0.1) is 0 Å². The van der Waals surface area contributed by atoms with E-state index in [2.05, 4.69) is 41.0 Å². The summed E-state index contributed by atoms with van der Waals surface area (Å²) in [5.74, 6) is 0.202. The number of carbonyl (C=O) groups excluding carboxylic acids is 1. The minimum atomic E-state index is 0.144. The Bertz CT molecular complexity index is 528. The normalized spacial score (nSPS) is 26.5. The standard InChI is InChI=1S/C18H26N2O/c1-3-20-11-7-6-10-18(20)12-16-8-4-5-9-17(16)13-19(14-18)15(2)21/h4-5,8-9H,3,6-7,10-14H2,1-2H3. The molecule has 1 spiro atoms. The Morgan fingerprint density at radius 2 is 2.00 bits per heavy atom. The molecule has 2 heterocycles. The van der Waals surface area contributed by atoms with Crippen molar-refractivity contribution < 1.29 is 4.79 Å².